The molecule has 5 nitrogen and oxygen atoms in total. The minimum absolute atomic E-state index is 0.126. The van der Waals surface area contributed by atoms with Crippen LogP contribution >= 0.6 is 11.3 Å². The number of amides is 2. The first-order valence-electron chi connectivity index (χ1n) is 8.08. The molecule has 3 rings (SSSR count). The second-order valence-corrected chi connectivity index (χ2v) is 6.78. The molecule has 1 N–H and O–H groups in total. The van der Waals surface area contributed by atoms with Crippen LogP contribution in [-0.2, 0) is 6.18 Å². The molecule has 1 aromatic carbocycles. The van der Waals surface area contributed by atoms with Crippen molar-refractivity contribution in [3.63, 3.8) is 0 Å². The number of nitrogens with one attached hydrogen (secondary N) is 1. The van der Waals surface area contributed by atoms with E-state index in [4.69, 9.17) is 0 Å². The van der Waals surface area contributed by atoms with Crippen molar-refractivity contribution in [2.75, 3.05) is 18.4 Å². The summed E-state index contributed by atoms with van der Waals surface area (Å²) in [6.45, 7) is 1.37. The first-order valence-corrected chi connectivity index (χ1v) is 8.96. The number of thiazole rings is 1. The molecule has 9 heteroatoms. The van der Waals surface area contributed by atoms with E-state index in [-0.39, 0.29) is 22.3 Å². The van der Waals surface area contributed by atoms with Crippen LogP contribution in [0.2, 0.25) is 0 Å². The van der Waals surface area contributed by atoms with E-state index < -0.39 is 17.6 Å². The van der Waals surface area contributed by atoms with Gasteiger partial charge in [-0.1, -0.05) is 6.07 Å². The van der Waals surface area contributed by atoms with Crippen molar-refractivity contribution < 1.29 is 22.8 Å². The lowest BCUT2D eigenvalue weighted by Gasteiger charge is -2.25. The minimum atomic E-state index is -4.52. The molecule has 138 valence electrons. The maximum atomic E-state index is 12.7. The molecule has 1 aromatic heterocycles. The van der Waals surface area contributed by atoms with Crippen molar-refractivity contribution >= 4 is 28.3 Å². The van der Waals surface area contributed by atoms with Crippen LogP contribution in [0.15, 0.2) is 29.6 Å². The van der Waals surface area contributed by atoms with Gasteiger partial charge in [-0.15, -0.1) is 11.3 Å². The van der Waals surface area contributed by atoms with E-state index in [1.54, 1.807) is 10.3 Å². The van der Waals surface area contributed by atoms with Crippen LogP contribution < -0.4 is 5.32 Å². The van der Waals surface area contributed by atoms with E-state index in [0.29, 0.717) is 13.1 Å². The van der Waals surface area contributed by atoms with Gasteiger partial charge in [-0.2, -0.15) is 13.2 Å². The summed E-state index contributed by atoms with van der Waals surface area (Å²) in [4.78, 5) is 30.3. The SMILES string of the molecule is O=C(Nc1nc(C(=O)N2CCCCC2)cs1)c1cccc(C(F)(F)F)c1. The van der Waals surface area contributed by atoms with Gasteiger partial charge in [0.25, 0.3) is 11.8 Å². The fourth-order valence-electron chi connectivity index (χ4n) is 2.69. The van der Waals surface area contributed by atoms with Crippen molar-refractivity contribution in [3.8, 4) is 0 Å². The first-order chi connectivity index (χ1) is 12.3. The fourth-order valence-corrected chi connectivity index (χ4v) is 3.37. The topological polar surface area (TPSA) is 62.3 Å². The zero-order valence-corrected chi connectivity index (χ0v) is 14.5. The molecule has 1 fully saturated rings. The second kappa shape index (κ2) is 7.45. The number of piperidine rings is 1. The monoisotopic (exact) mass is 383 g/mol. The molecule has 1 aliphatic rings. The Morgan fingerprint density at radius 2 is 1.88 bits per heavy atom. The summed E-state index contributed by atoms with van der Waals surface area (Å²) < 4.78 is 38.2. The smallest absolute Gasteiger partial charge is 0.337 e. The highest BCUT2D eigenvalue weighted by Crippen LogP contribution is 2.29. The average Bonchev–Trinajstić information content (AvgIpc) is 3.09. The lowest BCUT2D eigenvalue weighted by molar-refractivity contribution is -0.137. The molecule has 0 radical (unpaired) electrons. The van der Waals surface area contributed by atoms with E-state index in [0.717, 1.165) is 42.7 Å². The zero-order chi connectivity index (χ0) is 18.7. The van der Waals surface area contributed by atoms with E-state index in [2.05, 4.69) is 10.3 Å². The van der Waals surface area contributed by atoms with Crippen LogP contribution in [0.25, 0.3) is 0 Å². The second-order valence-electron chi connectivity index (χ2n) is 5.92. The average molecular weight is 383 g/mol. The number of carbonyl (C=O) groups excluding carboxylic acids is 2. The molecule has 0 atom stereocenters. The summed E-state index contributed by atoms with van der Waals surface area (Å²) in [5.74, 6) is -0.900. The van der Waals surface area contributed by atoms with Crippen LogP contribution in [0.3, 0.4) is 0 Å². The largest absolute Gasteiger partial charge is 0.416 e. The van der Waals surface area contributed by atoms with Crippen LogP contribution in [0.1, 0.15) is 45.7 Å². The number of rotatable bonds is 3. The molecule has 0 unspecified atom stereocenters. The molecule has 0 bridgehead atoms. The molecular weight excluding hydrogens is 367 g/mol. The number of hydrogen-bond donors (Lipinski definition) is 1. The number of nitrogens with zero attached hydrogens (tertiary/aromatic N) is 2. The molecule has 0 spiro atoms. The first kappa shape index (κ1) is 18.4. The van der Waals surface area contributed by atoms with Gasteiger partial charge in [0.15, 0.2) is 5.13 Å². The molecule has 1 aliphatic heterocycles. The summed E-state index contributed by atoms with van der Waals surface area (Å²) in [5.41, 5.74) is -0.791. The van der Waals surface area contributed by atoms with Crippen LogP contribution in [-0.4, -0.2) is 34.8 Å². The predicted molar refractivity (Wildman–Crippen MR) is 91.3 cm³/mol. The summed E-state index contributed by atoms with van der Waals surface area (Å²) in [5, 5.41) is 4.16. The van der Waals surface area contributed by atoms with Gasteiger partial charge < -0.3 is 4.90 Å². The highest BCUT2D eigenvalue weighted by Gasteiger charge is 2.31. The number of halogens is 3. The van der Waals surface area contributed by atoms with Crippen LogP contribution in [0.5, 0.6) is 0 Å². The Morgan fingerprint density at radius 1 is 1.15 bits per heavy atom. The van der Waals surface area contributed by atoms with E-state index in [1.807, 2.05) is 0 Å². The number of benzene rings is 1. The summed E-state index contributed by atoms with van der Waals surface area (Å²) in [7, 11) is 0. The molecule has 1 saturated heterocycles. The third kappa shape index (κ3) is 4.21. The molecule has 2 heterocycles. The Balaban J connectivity index is 1.69. The Kier molecular flexibility index (Phi) is 5.26. The molecule has 26 heavy (non-hydrogen) atoms. The highest BCUT2D eigenvalue weighted by molar-refractivity contribution is 7.14. The number of likely N-dealkylation sites (tertiary alicyclic amines) is 1. The summed E-state index contributed by atoms with van der Waals surface area (Å²) in [6.07, 6.45) is -1.52. The fraction of sp³-hybridized carbons (Fsp3) is 0.353. The Hall–Kier alpha value is -2.42. The van der Waals surface area contributed by atoms with Gasteiger partial charge in [0.2, 0.25) is 0 Å². The number of alkyl halides is 3. The molecule has 2 amide bonds. The van der Waals surface area contributed by atoms with Crippen molar-refractivity contribution in [1.82, 2.24) is 9.88 Å². The van der Waals surface area contributed by atoms with Crippen molar-refractivity contribution in [1.29, 1.82) is 0 Å². The quantitative estimate of drug-likeness (QED) is 0.870. The Bertz CT molecular complexity index is 814. The van der Waals surface area contributed by atoms with Crippen molar-refractivity contribution in [2.24, 2.45) is 0 Å². The number of anilines is 1. The van der Waals surface area contributed by atoms with Crippen LogP contribution in [0.4, 0.5) is 18.3 Å². The van der Waals surface area contributed by atoms with E-state index >= 15 is 0 Å². The standard InChI is InChI=1S/C17H16F3N3O2S/c18-17(19,20)12-6-4-5-11(9-12)14(24)22-16-21-13(10-26-16)15(25)23-7-2-1-3-8-23/h4-6,9-10H,1-3,7-8H2,(H,21,22,24). The predicted octanol–water partition coefficient (Wildman–Crippen LogP) is 4.04. The zero-order valence-electron chi connectivity index (χ0n) is 13.7. The molecule has 2 aromatic rings. The lowest BCUT2D eigenvalue weighted by Crippen LogP contribution is -2.35. The van der Waals surface area contributed by atoms with E-state index in [9.17, 15) is 22.8 Å². The van der Waals surface area contributed by atoms with Gasteiger partial charge in [0.1, 0.15) is 5.69 Å². The normalized spacial score (nSPS) is 15.0. The van der Waals surface area contributed by atoms with Crippen LogP contribution in [0, 0.1) is 0 Å². The van der Waals surface area contributed by atoms with Crippen molar-refractivity contribution in [2.45, 2.75) is 25.4 Å². The van der Waals surface area contributed by atoms with Gasteiger partial charge in [-0.3, -0.25) is 14.9 Å². The Morgan fingerprint density at radius 3 is 2.58 bits per heavy atom. The molecule has 0 saturated carbocycles. The Labute approximate surface area is 151 Å². The third-order valence-corrected chi connectivity index (χ3v) is 4.80. The number of carbonyl (C=O) groups is 2. The highest BCUT2D eigenvalue weighted by atomic mass is 32.1. The summed E-state index contributed by atoms with van der Waals surface area (Å²) in [6, 6.07) is 4.14. The maximum absolute atomic E-state index is 12.7. The maximum Gasteiger partial charge on any atom is 0.416 e. The van der Waals surface area contributed by atoms with Gasteiger partial charge in [0, 0.05) is 24.0 Å². The van der Waals surface area contributed by atoms with Gasteiger partial charge in [0.05, 0.1) is 5.56 Å². The number of hydrogen-bond acceptors (Lipinski definition) is 4. The van der Waals surface area contributed by atoms with E-state index in [1.165, 1.54) is 12.1 Å². The third-order valence-electron chi connectivity index (χ3n) is 4.04. The molecule has 0 aliphatic carbocycles. The number of aromatic nitrogens is 1. The van der Waals surface area contributed by atoms with Gasteiger partial charge in [-0.25, -0.2) is 4.98 Å². The summed E-state index contributed by atoms with van der Waals surface area (Å²) >= 11 is 1.06. The van der Waals surface area contributed by atoms with Gasteiger partial charge in [-0.05, 0) is 37.5 Å². The van der Waals surface area contributed by atoms with Crippen molar-refractivity contribution in [3.05, 3.63) is 46.5 Å². The lowest BCUT2D eigenvalue weighted by atomic mass is 10.1. The molecular formula is C17H16F3N3O2S. The minimum Gasteiger partial charge on any atom is -0.337 e. The van der Waals surface area contributed by atoms with Gasteiger partial charge >= 0.3 is 6.18 Å².